The molecule has 0 spiro atoms. The minimum Gasteiger partial charge on any atom is -0.493 e. The summed E-state index contributed by atoms with van der Waals surface area (Å²) >= 11 is 12.0. The maximum atomic E-state index is 13.4. The number of benzene rings is 2. The summed E-state index contributed by atoms with van der Waals surface area (Å²) in [5.41, 5.74) is 2.43. The van der Waals surface area contributed by atoms with Gasteiger partial charge in [0.1, 0.15) is 12.2 Å². The number of carbonyl (C=O) groups excluding carboxylic acids is 2. The molecule has 7 nitrogen and oxygen atoms in total. The molecule has 32 heavy (non-hydrogen) atoms. The lowest BCUT2D eigenvalue weighted by Gasteiger charge is -2.19. The summed E-state index contributed by atoms with van der Waals surface area (Å²) in [5.74, 6) is -0.0121. The van der Waals surface area contributed by atoms with E-state index in [1.165, 1.54) is 31.1 Å². The first-order chi connectivity index (χ1) is 15.3. The van der Waals surface area contributed by atoms with Crippen molar-refractivity contribution in [1.82, 2.24) is 4.90 Å². The van der Waals surface area contributed by atoms with E-state index >= 15 is 0 Å². The summed E-state index contributed by atoms with van der Waals surface area (Å²) in [5, 5.41) is 0.519. The molecule has 0 N–H and O–H groups in total. The van der Waals surface area contributed by atoms with Crippen molar-refractivity contribution in [2.45, 2.75) is 13.3 Å². The normalized spacial score (nSPS) is 14.8. The Morgan fingerprint density at radius 1 is 1.09 bits per heavy atom. The van der Waals surface area contributed by atoms with Crippen LogP contribution in [-0.4, -0.2) is 49.8 Å². The third kappa shape index (κ3) is 4.56. The fraction of sp³-hybridized carbons (Fsp3) is 0.261. The average molecular weight is 475 g/mol. The number of methoxy groups -OCH3 is 3. The van der Waals surface area contributed by atoms with Crippen molar-refractivity contribution in [3.63, 3.8) is 0 Å². The molecule has 0 bridgehead atoms. The molecule has 168 valence electrons. The third-order valence-corrected chi connectivity index (χ3v) is 5.78. The first kappa shape index (κ1) is 23.6. The molecular weight excluding hydrogens is 452 g/mol. The molecule has 1 heterocycles. The van der Waals surface area contributed by atoms with Gasteiger partial charge >= 0.3 is 5.97 Å². The molecule has 0 unspecified atom stereocenters. The highest BCUT2D eigenvalue weighted by Crippen LogP contribution is 2.36. The smallest absolute Gasteiger partial charge is 0.325 e. The van der Waals surface area contributed by atoms with Crippen LogP contribution in [0.2, 0.25) is 5.02 Å². The number of thiocarbonyl (C=S) groups is 1. The average Bonchev–Trinajstić information content (AvgIpc) is 3.03. The van der Waals surface area contributed by atoms with Crippen LogP contribution in [0.15, 0.2) is 42.1 Å². The second-order valence-electron chi connectivity index (χ2n) is 6.86. The van der Waals surface area contributed by atoms with Crippen molar-refractivity contribution in [3.05, 3.63) is 58.2 Å². The molecule has 1 amide bonds. The van der Waals surface area contributed by atoms with E-state index in [-0.39, 0.29) is 23.3 Å². The van der Waals surface area contributed by atoms with Crippen LogP contribution in [0, 0.1) is 0 Å². The molecule has 1 aliphatic heterocycles. The summed E-state index contributed by atoms with van der Waals surface area (Å²) in [6.07, 6.45) is 2.44. The molecule has 1 aliphatic rings. The van der Waals surface area contributed by atoms with E-state index in [0.29, 0.717) is 27.8 Å². The summed E-state index contributed by atoms with van der Waals surface area (Å²) < 4.78 is 15.4. The Morgan fingerprint density at radius 2 is 1.72 bits per heavy atom. The Morgan fingerprint density at radius 3 is 2.28 bits per heavy atom. The Balaban J connectivity index is 2.09. The first-order valence-corrected chi connectivity index (χ1v) is 10.6. The van der Waals surface area contributed by atoms with Gasteiger partial charge in [-0.1, -0.05) is 30.7 Å². The number of esters is 1. The van der Waals surface area contributed by atoms with Crippen LogP contribution in [0.25, 0.3) is 6.08 Å². The number of hydrogen-bond donors (Lipinski definition) is 0. The highest BCUT2D eigenvalue weighted by molar-refractivity contribution is 7.80. The lowest BCUT2D eigenvalue weighted by molar-refractivity contribution is -0.140. The van der Waals surface area contributed by atoms with Crippen LogP contribution >= 0.6 is 23.8 Å². The highest BCUT2D eigenvalue weighted by Gasteiger charge is 2.40. The van der Waals surface area contributed by atoms with Crippen LogP contribution < -0.4 is 14.4 Å². The van der Waals surface area contributed by atoms with Crippen molar-refractivity contribution in [2.75, 3.05) is 32.8 Å². The summed E-state index contributed by atoms with van der Waals surface area (Å²) in [6, 6.07) is 10.8. The first-order valence-electron chi connectivity index (χ1n) is 9.79. The van der Waals surface area contributed by atoms with Crippen molar-refractivity contribution >= 4 is 52.6 Å². The van der Waals surface area contributed by atoms with Crippen molar-refractivity contribution in [2.24, 2.45) is 0 Å². The van der Waals surface area contributed by atoms with Gasteiger partial charge in [0.25, 0.3) is 5.91 Å². The van der Waals surface area contributed by atoms with E-state index in [1.807, 2.05) is 31.2 Å². The van der Waals surface area contributed by atoms with E-state index in [4.69, 9.17) is 38.0 Å². The zero-order valence-electron chi connectivity index (χ0n) is 18.2. The van der Waals surface area contributed by atoms with Crippen LogP contribution in [0.1, 0.15) is 18.1 Å². The second-order valence-corrected chi connectivity index (χ2v) is 7.64. The zero-order chi connectivity index (χ0) is 23.4. The third-order valence-electron chi connectivity index (χ3n) is 5.05. The number of nitrogens with zero attached hydrogens (tertiary/aromatic N) is 2. The van der Waals surface area contributed by atoms with Crippen molar-refractivity contribution in [3.8, 4) is 11.5 Å². The van der Waals surface area contributed by atoms with Gasteiger partial charge in [-0.05, 0) is 54.0 Å². The molecular formula is C23H23ClN2O5S. The predicted octanol–water partition coefficient (Wildman–Crippen LogP) is 4.07. The van der Waals surface area contributed by atoms with Gasteiger partial charge < -0.3 is 19.1 Å². The van der Waals surface area contributed by atoms with E-state index in [1.54, 1.807) is 18.2 Å². The number of anilines is 1. The summed E-state index contributed by atoms with van der Waals surface area (Å²) in [6.45, 7) is 1.83. The van der Waals surface area contributed by atoms with Gasteiger partial charge in [0, 0.05) is 6.07 Å². The molecule has 0 saturated carbocycles. The number of aryl methyl sites for hydroxylation is 1. The van der Waals surface area contributed by atoms with E-state index in [0.717, 1.165) is 12.0 Å². The number of halogens is 1. The van der Waals surface area contributed by atoms with E-state index in [9.17, 15) is 9.59 Å². The topological polar surface area (TPSA) is 68.3 Å². The van der Waals surface area contributed by atoms with Gasteiger partial charge in [-0.25, -0.2) is 0 Å². The van der Waals surface area contributed by atoms with Gasteiger partial charge in [0.05, 0.1) is 32.0 Å². The van der Waals surface area contributed by atoms with Gasteiger partial charge in [-0.15, -0.1) is 0 Å². The van der Waals surface area contributed by atoms with E-state index in [2.05, 4.69) is 0 Å². The molecule has 9 heteroatoms. The number of rotatable bonds is 7. The molecule has 2 aromatic carbocycles. The maximum Gasteiger partial charge on any atom is 0.325 e. The number of hydrogen-bond acceptors (Lipinski definition) is 6. The molecule has 1 fully saturated rings. The van der Waals surface area contributed by atoms with Crippen LogP contribution in [-0.2, 0) is 20.7 Å². The Bertz CT molecular complexity index is 1080. The zero-order valence-corrected chi connectivity index (χ0v) is 19.7. The highest BCUT2D eigenvalue weighted by atomic mass is 35.5. The van der Waals surface area contributed by atoms with Gasteiger partial charge in [-0.3, -0.25) is 14.5 Å². The number of carbonyl (C=O) groups is 2. The van der Waals surface area contributed by atoms with Crippen molar-refractivity contribution < 1.29 is 23.8 Å². The molecule has 0 aromatic heterocycles. The number of amides is 1. The fourth-order valence-corrected chi connectivity index (χ4v) is 3.82. The molecule has 0 atom stereocenters. The SMILES string of the molecule is CCc1ccc(N2C(=O)/C(=C/c3cc(OC)c(OC)cc3Cl)N(CC(=O)OC)C2=S)cc1. The van der Waals surface area contributed by atoms with Crippen LogP contribution in [0.4, 0.5) is 5.69 Å². The molecule has 3 rings (SSSR count). The predicted molar refractivity (Wildman–Crippen MR) is 127 cm³/mol. The van der Waals surface area contributed by atoms with Gasteiger partial charge in [0.15, 0.2) is 16.6 Å². The molecule has 2 aromatic rings. The summed E-state index contributed by atoms with van der Waals surface area (Å²) in [4.78, 5) is 28.3. The lowest BCUT2D eigenvalue weighted by atomic mass is 10.1. The summed E-state index contributed by atoms with van der Waals surface area (Å²) in [7, 11) is 4.29. The molecule has 1 saturated heterocycles. The van der Waals surface area contributed by atoms with Crippen molar-refractivity contribution in [1.29, 1.82) is 0 Å². The minimum atomic E-state index is -0.535. The Hall–Kier alpha value is -3.10. The standard InChI is InChI=1S/C23H23ClN2O5S/c1-5-14-6-8-16(9-7-14)26-22(28)18(25(23(26)32)13-21(27)31-4)10-15-11-19(29-2)20(30-3)12-17(15)24/h6-12H,5,13H2,1-4H3/b18-10-. The van der Waals surface area contributed by atoms with Crippen LogP contribution in [0.3, 0.4) is 0 Å². The largest absolute Gasteiger partial charge is 0.493 e. The fourth-order valence-electron chi connectivity index (χ4n) is 3.26. The molecule has 0 radical (unpaired) electrons. The lowest BCUT2D eigenvalue weighted by Crippen LogP contribution is -2.35. The van der Waals surface area contributed by atoms with Gasteiger partial charge in [0.2, 0.25) is 0 Å². The Kier molecular flexibility index (Phi) is 7.37. The Labute approximate surface area is 197 Å². The maximum absolute atomic E-state index is 13.4. The van der Waals surface area contributed by atoms with Crippen LogP contribution in [0.5, 0.6) is 11.5 Å². The minimum absolute atomic E-state index is 0.174. The molecule has 0 aliphatic carbocycles. The van der Waals surface area contributed by atoms with Gasteiger partial charge in [-0.2, -0.15) is 0 Å². The second kappa shape index (κ2) is 10.0. The van der Waals surface area contributed by atoms with E-state index < -0.39 is 5.97 Å². The monoisotopic (exact) mass is 474 g/mol. The quantitative estimate of drug-likeness (QED) is 0.340. The number of ether oxygens (including phenoxy) is 3.